The van der Waals surface area contributed by atoms with Gasteiger partial charge in [0.15, 0.2) is 15.6 Å². The topological polar surface area (TPSA) is 106 Å². The summed E-state index contributed by atoms with van der Waals surface area (Å²) < 4.78 is 58.3. The molecule has 3 aliphatic carbocycles. The number of H-pyrrole nitrogens is 1. The number of halogens is 3. The van der Waals surface area contributed by atoms with E-state index in [9.17, 15) is 22.2 Å². The minimum atomic E-state index is -5.08. The van der Waals surface area contributed by atoms with Crippen LogP contribution in [0, 0.1) is 21.5 Å². The fraction of sp³-hybridized carbons (Fsp3) is 0.654. The summed E-state index contributed by atoms with van der Waals surface area (Å²) in [6.45, 7) is 3.10. The molecule has 204 valence electrons. The zero-order valence-electron chi connectivity index (χ0n) is 21.0. The van der Waals surface area contributed by atoms with Crippen LogP contribution in [0.5, 0.6) is 0 Å². The highest BCUT2D eigenvalue weighted by atomic mass is 32.2. The van der Waals surface area contributed by atoms with Gasteiger partial charge < -0.3 is 9.80 Å². The van der Waals surface area contributed by atoms with E-state index in [1.54, 1.807) is 6.07 Å². The highest BCUT2D eigenvalue weighted by Crippen LogP contribution is 2.57. The second-order valence-corrected chi connectivity index (χ2v) is 14.6. The fourth-order valence-corrected chi connectivity index (χ4v) is 8.17. The van der Waals surface area contributed by atoms with Gasteiger partial charge in [-0.3, -0.25) is 5.10 Å². The number of aromatic amines is 1. The molecule has 0 radical (unpaired) electrons. The molecule has 5 aliphatic rings. The maximum absolute atomic E-state index is 13.0. The summed E-state index contributed by atoms with van der Waals surface area (Å²) >= 11 is 0. The number of carbonyl (C=O) groups is 1. The maximum Gasteiger partial charge on any atom is 0.483 e. The maximum atomic E-state index is 13.0. The van der Waals surface area contributed by atoms with Gasteiger partial charge in [-0.15, -0.1) is 0 Å². The van der Waals surface area contributed by atoms with E-state index in [0.29, 0.717) is 29.7 Å². The van der Waals surface area contributed by atoms with Crippen molar-refractivity contribution >= 4 is 15.8 Å². The molecule has 1 atom stereocenters. The quantitative estimate of drug-likeness (QED) is 0.557. The Bertz CT molecular complexity index is 1370. The van der Waals surface area contributed by atoms with Crippen molar-refractivity contribution in [3.05, 3.63) is 41.5 Å². The first kappa shape index (κ1) is 24.4. The van der Waals surface area contributed by atoms with Gasteiger partial charge in [0.1, 0.15) is 5.82 Å². The molecule has 2 spiro atoms. The van der Waals surface area contributed by atoms with Gasteiger partial charge in [-0.25, -0.2) is 18.8 Å². The first-order chi connectivity index (χ1) is 17.9. The number of aromatic nitrogens is 3. The Morgan fingerprint density at radius 2 is 1.68 bits per heavy atom. The van der Waals surface area contributed by atoms with Crippen molar-refractivity contribution in [1.82, 2.24) is 25.0 Å². The number of amides is 2. The van der Waals surface area contributed by atoms with Crippen LogP contribution in [-0.2, 0) is 16.1 Å². The smallest absolute Gasteiger partial charge is 0.323 e. The molecule has 2 aliphatic heterocycles. The molecule has 2 aromatic rings. The van der Waals surface area contributed by atoms with Gasteiger partial charge in [0.2, 0.25) is 0 Å². The van der Waals surface area contributed by atoms with E-state index >= 15 is 0 Å². The van der Waals surface area contributed by atoms with Crippen molar-refractivity contribution in [2.75, 3.05) is 26.2 Å². The largest absolute Gasteiger partial charge is 0.483 e. The summed E-state index contributed by atoms with van der Waals surface area (Å²) in [4.78, 5) is 21.1. The number of carbonyl (C=O) groups excluding carboxylic acids is 1. The molecular formula is C26H31F3N6O2S. The van der Waals surface area contributed by atoms with Gasteiger partial charge in [-0.05, 0) is 68.6 Å². The van der Waals surface area contributed by atoms with Crippen molar-refractivity contribution in [3.8, 4) is 0 Å². The molecule has 1 aromatic carbocycles. The second kappa shape index (κ2) is 7.95. The average Bonchev–Trinajstić information content (AvgIpc) is 3.49. The summed E-state index contributed by atoms with van der Waals surface area (Å²) in [6, 6.07) is 5.68. The second-order valence-electron chi connectivity index (χ2n) is 12.6. The predicted molar refractivity (Wildman–Crippen MR) is 132 cm³/mol. The molecule has 1 aromatic heterocycles. The number of nitrogens with zero attached hydrogens (tertiary/aromatic N) is 4. The first-order valence-electron chi connectivity index (χ1n) is 13.3. The van der Waals surface area contributed by atoms with E-state index in [1.165, 1.54) is 25.0 Å². The number of hydrogen-bond donors (Lipinski definition) is 2. The molecule has 3 saturated carbocycles. The van der Waals surface area contributed by atoms with Crippen molar-refractivity contribution in [1.29, 1.82) is 4.78 Å². The minimum absolute atomic E-state index is 0.118. The fourth-order valence-electron chi connectivity index (χ4n) is 7.32. The lowest BCUT2D eigenvalue weighted by molar-refractivity contribution is -0.100. The highest BCUT2D eigenvalue weighted by Gasteiger charge is 2.58. The molecule has 8 nitrogen and oxygen atoms in total. The van der Waals surface area contributed by atoms with Crippen LogP contribution < -0.4 is 0 Å². The average molecular weight is 549 g/mol. The van der Waals surface area contributed by atoms with Gasteiger partial charge in [-0.1, -0.05) is 12.1 Å². The summed E-state index contributed by atoms with van der Waals surface area (Å²) in [7, 11) is -4.84. The number of likely N-dealkylation sites (tertiary alicyclic amines) is 2. The van der Waals surface area contributed by atoms with E-state index in [-0.39, 0.29) is 16.9 Å². The molecule has 0 unspecified atom stereocenters. The SMILES string of the molecule is N=[S@](=O)(c1cccc(CC2CC3(C2)CN(C(=O)N2CC4(CC(c5n[nH]c(C6CC6)n5)C4)C2)C3)c1)C(F)(F)F. The zero-order chi connectivity index (χ0) is 26.5. The molecule has 2 N–H and O–H groups in total. The Morgan fingerprint density at radius 1 is 1.05 bits per heavy atom. The van der Waals surface area contributed by atoms with Crippen molar-refractivity contribution in [2.45, 2.75) is 67.2 Å². The number of nitrogens with one attached hydrogen (secondary N) is 2. The van der Waals surface area contributed by atoms with Crippen molar-refractivity contribution in [3.63, 3.8) is 0 Å². The Kier molecular flexibility index (Phi) is 5.11. The van der Waals surface area contributed by atoms with Crippen LogP contribution in [0.25, 0.3) is 0 Å². The van der Waals surface area contributed by atoms with E-state index < -0.39 is 20.1 Å². The van der Waals surface area contributed by atoms with Crippen molar-refractivity contribution < 1.29 is 22.2 Å². The molecular weight excluding hydrogens is 517 g/mol. The summed E-state index contributed by atoms with van der Waals surface area (Å²) in [5, 5.41) is 7.52. The summed E-state index contributed by atoms with van der Waals surface area (Å²) in [5.41, 5.74) is -4.05. The van der Waals surface area contributed by atoms with Crippen LogP contribution in [0.2, 0.25) is 0 Å². The molecule has 38 heavy (non-hydrogen) atoms. The van der Waals surface area contributed by atoms with Crippen LogP contribution in [0.1, 0.15) is 67.6 Å². The van der Waals surface area contributed by atoms with Crippen molar-refractivity contribution in [2.24, 2.45) is 16.7 Å². The third-order valence-electron chi connectivity index (χ3n) is 9.38. The van der Waals surface area contributed by atoms with E-state index in [1.807, 2.05) is 9.80 Å². The van der Waals surface area contributed by atoms with Gasteiger partial charge in [0.25, 0.3) is 0 Å². The van der Waals surface area contributed by atoms with E-state index in [0.717, 1.165) is 69.6 Å². The Morgan fingerprint density at radius 3 is 2.29 bits per heavy atom. The minimum Gasteiger partial charge on any atom is -0.323 e. The molecule has 2 amide bonds. The van der Waals surface area contributed by atoms with E-state index in [4.69, 9.17) is 4.78 Å². The lowest BCUT2D eigenvalue weighted by Crippen LogP contribution is -2.70. The normalized spacial score (nSPS) is 25.9. The van der Waals surface area contributed by atoms with Gasteiger partial charge in [-0.2, -0.15) is 18.3 Å². The molecule has 2 saturated heterocycles. The van der Waals surface area contributed by atoms with Crippen LogP contribution in [-0.4, -0.2) is 66.9 Å². The van der Waals surface area contributed by atoms with Crippen LogP contribution in [0.3, 0.4) is 0 Å². The third kappa shape index (κ3) is 3.93. The number of rotatable bonds is 5. The number of alkyl halides is 3. The van der Waals surface area contributed by atoms with Gasteiger partial charge in [0, 0.05) is 48.8 Å². The number of benzene rings is 1. The first-order valence-corrected chi connectivity index (χ1v) is 14.9. The Balaban J connectivity index is 0.858. The summed E-state index contributed by atoms with van der Waals surface area (Å²) in [5.74, 6) is 3.27. The third-order valence-corrected chi connectivity index (χ3v) is 10.9. The Labute approximate surface area is 219 Å². The van der Waals surface area contributed by atoms with E-state index in [2.05, 4.69) is 15.2 Å². The molecule has 3 heterocycles. The predicted octanol–water partition coefficient (Wildman–Crippen LogP) is 4.86. The van der Waals surface area contributed by atoms with Gasteiger partial charge >= 0.3 is 11.5 Å². The number of urea groups is 1. The van der Waals surface area contributed by atoms with Crippen LogP contribution in [0.15, 0.2) is 29.2 Å². The molecule has 5 fully saturated rings. The van der Waals surface area contributed by atoms with Crippen LogP contribution in [0.4, 0.5) is 18.0 Å². The lowest BCUT2D eigenvalue weighted by atomic mass is 9.56. The lowest BCUT2D eigenvalue weighted by Gasteiger charge is -2.63. The molecule has 12 heteroatoms. The molecule has 7 rings (SSSR count). The monoisotopic (exact) mass is 548 g/mol. The van der Waals surface area contributed by atoms with Gasteiger partial charge in [0.05, 0.1) is 4.90 Å². The van der Waals surface area contributed by atoms with Crippen LogP contribution >= 0.6 is 0 Å². The molecule has 0 bridgehead atoms. The summed E-state index contributed by atoms with van der Waals surface area (Å²) in [6.07, 6.45) is 6.96. The zero-order valence-corrected chi connectivity index (χ0v) is 21.8. The Hall–Kier alpha value is -2.63. The number of hydrogen-bond acceptors (Lipinski definition) is 5. The highest BCUT2D eigenvalue weighted by molar-refractivity contribution is 7.93. The standard InChI is InChI=1S/C26H31F3N6O2S/c27-26(28,29)38(30,37)20-3-1-2-16(7-20)6-17-8-24(9-17)12-34(13-24)23(36)35-14-25(15-35)10-19(11-25)22-31-21(32-33-22)18-4-5-18/h1-3,7,17-19,30H,4-6,8-15H2,(H,31,32,33)/t38-/m0/s1.